The van der Waals surface area contributed by atoms with E-state index in [-0.39, 0.29) is 10.2 Å². The van der Waals surface area contributed by atoms with Crippen LogP contribution < -0.4 is 4.90 Å². The topological polar surface area (TPSA) is 59.9 Å². The number of nitrogens with zero attached hydrogens (tertiary/aromatic N) is 6. The maximum Gasteiger partial charge on any atom is 0.157 e. The van der Waals surface area contributed by atoms with Crippen LogP contribution in [0.5, 0.6) is 0 Å². The minimum atomic E-state index is 0.119. The van der Waals surface area contributed by atoms with Crippen molar-refractivity contribution in [3.63, 3.8) is 0 Å². The summed E-state index contributed by atoms with van der Waals surface area (Å²) in [5, 5.41) is 9.70. The Kier molecular flexibility index (Phi) is 4.30. The predicted octanol–water partition coefficient (Wildman–Crippen LogP) is 3.67. The highest BCUT2D eigenvalue weighted by molar-refractivity contribution is 8.02. The van der Waals surface area contributed by atoms with Crippen LogP contribution in [0.15, 0.2) is 35.3 Å². The Morgan fingerprint density at radius 3 is 2.62 bits per heavy atom. The summed E-state index contributed by atoms with van der Waals surface area (Å²) < 4.78 is 2.27. The highest BCUT2D eigenvalue weighted by Gasteiger charge is 2.33. The number of para-hydroxylation sites is 2. The first-order valence-electron chi connectivity index (χ1n) is 9.99. The van der Waals surface area contributed by atoms with Crippen molar-refractivity contribution in [3.05, 3.63) is 41.5 Å². The van der Waals surface area contributed by atoms with Crippen molar-refractivity contribution >= 4 is 40.5 Å². The van der Waals surface area contributed by atoms with Gasteiger partial charge in [-0.05, 0) is 44.5 Å². The number of hydrogen-bond donors (Lipinski definition) is 0. The molecule has 4 heterocycles. The van der Waals surface area contributed by atoms with Gasteiger partial charge < -0.3 is 4.90 Å². The first-order chi connectivity index (χ1) is 14.0. The fourth-order valence-corrected chi connectivity index (χ4v) is 5.37. The minimum absolute atomic E-state index is 0.119. The Labute approximate surface area is 174 Å². The molecule has 2 aromatic heterocycles. The summed E-state index contributed by atoms with van der Waals surface area (Å²) in [4.78, 5) is 14.4. The van der Waals surface area contributed by atoms with E-state index in [1.807, 2.05) is 36.9 Å². The van der Waals surface area contributed by atoms with Crippen LogP contribution >= 0.6 is 11.8 Å². The molecule has 2 aliphatic rings. The van der Waals surface area contributed by atoms with Crippen molar-refractivity contribution in [2.24, 2.45) is 4.99 Å². The van der Waals surface area contributed by atoms with Crippen molar-refractivity contribution in [3.8, 4) is 6.07 Å². The highest BCUT2D eigenvalue weighted by atomic mass is 32.2. The van der Waals surface area contributed by atoms with Crippen LogP contribution in [-0.2, 0) is 0 Å². The van der Waals surface area contributed by atoms with Gasteiger partial charge in [-0.15, -0.1) is 11.8 Å². The van der Waals surface area contributed by atoms with Gasteiger partial charge in [0.25, 0.3) is 0 Å². The van der Waals surface area contributed by atoms with E-state index in [1.165, 1.54) is 0 Å². The number of benzene rings is 1. The van der Waals surface area contributed by atoms with Gasteiger partial charge in [-0.2, -0.15) is 5.26 Å². The number of thioether (sulfide) groups is 1. The number of imidazole rings is 1. The molecule has 1 saturated heterocycles. The third kappa shape index (κ3) is 3.07. The number of nitriles is 1. The molecule has 148 valence electrons. The molecule has 7 heteroatoms. The zero-order valence-corrected chi connectivity index (χ0v) is 17.8. The molecular weight excluding hydrogens is 380 g/mol. The minimum Gasteiger partial charge on any atom is -0.355 e. The zero-order chi connectivity index (χ0) is 20.2. The molecule has 29 heavy (non-hydrogen) atoms. The fraction of sp³-hybridized carbons (Fsp3) is 0.409. The van der Waals surface area contributed by atoms with Crippen molar-refractivity contribution in [2.45, 2.75) is 31.0 Å². The number of rotatable bonds is 2. The third-order valence-electron chi connectivity index (χ3n) is 5.74. The maximum absolute atomic E-state index is 9.70. The Morgan fingerprint density at radius 1 is 1.17 bits per heavy atom. The van der Waals surface area contributed by atoms with E-state index in [1.54, 1.807) is 0 Å². The quantitative estimate of drug-likeness (QED) is 0.652. The van der Waals surface area contributed by atoms with Crippen LogP contribution in [-0.4, -0.2) is 56.9 Å². The summed E-state index contributed by atoms with van der Waals surface area (Å²) in [7, 11) is 0. The summed E-state index contributed by atoms with van der Waals surface area (Å²) in [6, 6.07) is 12.6. The first kappa shape index (κ1) is 18.5. The summed E-state index contributed by atoms with van der Waals surface area (Å²) in [5.74, 6) is 1.12. The van der Waals surface area contributed by atoms with E-state index in [4.69, 9.17) is 9.98 Å². The molecule has 0 aliphatic carbocycles. The number of aryl methyl sites for hydroxylation is 1. The average molecular weight is 405 g/mol. The highest BCUT2D eigenvalue weighted by Crippen LogP contribution is 2.36. The SMILES string of the molecule is Cc1cc(N2CCN([C@H]3N=CC(C)(C)S3)CC2)n2c(nc3ccccc32)c1C#N. The van der Waals surface area contributed by atoms with Crippen LogP contribution in [0.2, 0.25) is 0 Å². The second kappa shape index (κ2) is 6.75. The fourth-order valence-electron chi connectivity index (χ4n) is 4.22. The lowest BCUT2D eigenvalue weighted by Crippen LogP contribution is -2.49. The third-order valence-corrected chi connectivity index (χ3v) is 7.08. The number of anilines is 1. The standard InChI is InChI=1S/C22H24N6S/c1-15-12-19(26-8-10-27(11-9-26)21-24-14-22(2,3)29-21)28-18-7-5-4-6-17(18)25-20(28)16(15)13-23/h4-7,12,14,21H,8-11H2,1-3H3/t21-/m1/s1. The van der Waals surface area contributed by atoms with Gasteiger partial charge in [-0.1, -0.05) is 12.1 Å². The van der Waals surface area contributed by atoms with E-state index >= 15 is 0 Å². The molecule has 1 aromatic carbocycles. The van der Waals surface area contributed by atoms with Crippen molar-refractivity contribution in [2.75, 3.05) is 31.1 Å². The molecule has 5 rings (SSSR count). The van der Waals surface area contributed by atoms with E-state index in [0.717, 1.165) is 54.2 Å². The van der Waals surface area contributed by atoms with Gasteiger partial charge in [0, 0.05) is 37.1 Å². The van der Waals surface area contributed by atoms with Crippen molar-refractivity contribution in [1.82, 2.24) is 14.3 Å². The summed E-state index contributed by atoms with van der Waals surface area (Å²) in [6.45, 7) is 10.2. The molecule has 0 radical (unpaired) electrons. The second-order valence-electron chi connectivity index (χ2n) is 8.28. The number of aromatic nitrogens is 2. The first-order valence-corrected chi connectivity index (χ1v) is 10.9. The van der Waals surface area contributed by atoms with Crippen LogP contribution in [0.4, 0.5) is 5.82 Å². The molecule has 0 unspecified atom stereocenters. The van der Waals surface area contributed by atoms with Gasteiger partial charge in [0.15, 0.2) is 5.65 Å². The molecule has 1 atom stereocenters. The van der Waals surface area contributed by atoms with Gasteiger partial charge in [-0.25, -0.2) is 4.98 Å². The zero-order valence-electron chi connectivity index (χ0n) is 17.0. The Balaban J connectivity index is 1.50. The number of aliphatic imine (C=N–C) groups is 1. The molecule has 0 amide bonds. The van der Waals surface area contributed by atoms with Gasteiger partial charge in [0.2, 0.25) is 0 Å². The van der Waals surface area contributed by atoms with E-state index in [9.17, 15) is 5.26 Å². The van der Waals surface area contributed by atoms with Crippen LogP contribution in [0.1, 0.15) is 25.0 Å². The molecule has 0 saturated carbocycles. The summed E-state index contributed by atoms with van der Waals surface area (Å²) >= 11 is 1.92. The summed E-state index contributed by atoms with van der Waals surface area (Å²) in [6.07, 6.45) is 2.08. The van der Waals surface area contributed by atoms with Gasteiger partial charge in [-0.3, -0.25) is 14.3 Å². The van der Waals surface area contributed by atoms with Crippen molar-refractivity contribution < 1.29 is 0 Å². The number of pyridine rings is 1. The normalized spacial score (nSPS) is 21.9. The second-order valence-corrected chi connectivity index (χ2v) is 9.99. The van der Waals surface area contributed by atoms with Gasteiger partial charge in [0.05, 0.1) is 16.6 Å². The molecule has 0 N–H and O–H groups in total. The average Bonchev–Trinajstić information content (AvgIpc) is 3.27. The predicted molar refractivity (Wildman–Crippen MR) is 120 cm³/mol. The molecule has 1 fully saturated rings. The molecule has 2 aliphatic heterocycles. The van der Waals surface area contributed by atoms with Crippen LogP contribution in [0.3, 0.4) is 0 Å². The lowest BCUT2D eigenvalue weighted by atomic mass is 10.1. The van der Waals surface area contributed by atoms with Crippen LogP contribution in [0.25, 0.3) is 16.7 Å². The van der Waals surface area contributed by atoms with Crippen LogP contribution in [0, 0.1) is 18.3 Å². The Morgan fingerprint density at radius 2 is 1.93 bits per heavy atom. The van der Waals surface area contributed by atoms with E-state index in [0.29, 0.717) is 5.56 Å². The van der Waals surface area contributed by atoms with Gasteiger partial charge >= 0.3 is 0 Å². The Hall–Kier alpha value is -2.56. The largest absolute Gasteiger partial charge is 0.355 e. The molecule has 3 aromatic rings. The molecule has 0 bridgehead atoms. The smallest absolute Gasteiger partial charge is 0.157 e. The number of hydrogen-bond acceptors (Lipinski definition) is 6. The van der Waals surface area contributed by atoms with Crippen molar-refractivity contribution in [1.29, 1.82) is 5.26 Å². The summed E-state index contributed by atoms with van der Waals surface area (Å²) in [5.41, 5.74) is 4.59. The number of piperazine rings is 1. The number of fused-ring (bicyclic) bond motifs is 3. The molecule has 6 nitrogen and oxygen atoms in total. The maximum atomic E-state index is 9.70. The lowest BCUT2D eigenvalue weighted by molar-refractivity contribution is 0.246. The van der Waals surface area contributed by atoms with E-state index in [2.05, 4.69) is 52.5 Å². The van der Waals surface area contributed by atoms with E-state index < -0.39 is 0 Å². The Bertz CT molecular complexity index is 1160. The van der Waals surface area contributed by atoms with Gasteiger partial charge in [0.1, 0.15) is 17.4 Å². The lowest BCUT2D eigenvalue weighted by Gasteiger charge is -2.38. The monoisotopic (exact) mass is 404 g/mol. The molecular formula is C22H24N6S. The molecule has 0 spiro atoms.